The van der Waals surface area contributed by atoms with Crippen LogP contribution >= 0.6 is 11.3 Å². The SMILES string of the molecule is CC1C(=O)N(C)CCN1Cc1csc(Nc2ccccc2)n1. The molecule has 6 heteroatoms. The summed E-state index contributed by atoms with van der Waals surface area (Å²) in [4.78, 5) is 20.6. The number of carbonyl (C=O) groups excluding carboxylic acids is 1. The third-order valence-corrected chi connectivity index (χ3v) is 4.75. The summed E-state index contributed by atoms with van der Waals surface area (Å²) in [6.45, 7) is 4.35. The van der Waals surface area contributed by atoms with Gasteiger partial charge in [-0.2, -0.15) is 0 Å². The van der Waals surface area contributed by atoms with E-state index in [4.69, 9.17) is 0 Å². The molecule has 3 rings (SSSR count). The molecule has 1 saturated heterocycles. The van der Waals surface area contributed by atoms with Gasteiger partial charge in [0.1, 0.15) is 0 Å². The number of para-hydroxylation sites is 1. The van der Waals surface area contributed by atoms with E-state index in [2.05, 4.69) is 20.6 Å². The maximum Gasteiger partial charge on any atom is 0.239 e. The Hall–Kier alpha value is -1.92. The Kier molecular flexibility index (Phi) is 4.40. The zero-order valence-corrected chi connectivity index (χ0v) is 13.6. The largest absolute Gasteiger partial charge is 0.343 e. The van der Waals surface area contributed by atoms with Crippen LogP contribution in [0.25, 0.3) is 0 Å². The van der Waals surface area contributed by atoms with E-state index in [1.165, 1.54) is 0 Å². The number of nitrogens with one attached hydrogen (secondary N) is 1. The predicted molar refractivity (Wildman–Crippen MR) is 89.3 cm³/mol. The number of piperazine rings is 1. The summed E-state index contributed by atoms with van der Waals surface area (Å²) in [6, 6.07) is 9.93. The van der Waals surface area contributed by atoms with Gasteiger partial charge >= 0.3 is 0 Å². The van der Waals surface area contributed by atoms with Crippen LogP contribution in [0.2, 0.25) is 0 Å². The molecular formula is C16H20N4OS. The standard InChI is InChI=1S/C16H20N4OS/c1-12-15(21)19(2)8-9-20(12)10-14-11-22-16(18-14)17-13-6-4-3-5-7-13/h3-7,11-12H,8-10H2,1-2H3,(H,17,18). The lowest BCUT2D eigenvalue weighted by atomic mass is 10.2. The molecule has 1 aromatic heterocycles. The summed E-state index contributed by atoms with van der Waals surface area (Å²) >= 11 is 1.59. The molecule has 1 aliphatic rings. The Morgan fingerprint density at radius 1 is 1.32 bits per heavy atom. The molecule has 5 nitrogen and oxygen atoms in total. The molecule has 1 aromatic carbocycles. The molecular weight excluding hydrogens is 296 g/mol. The normalized spacial score (nSPS) is 19.5. The van der Waals surface area contributed by atoms with Gasteiger partial charge in [0.25, 0.3) is 0 Å². The number of thiazole rings is 1. The third-order valence-electron chi connectivity index (χ3n) is 3.95. The van der Waals surface area contributed by atoms with E-state index in [0.29, 0.717) is 6.54 Å². The fourth-order valence-corrected chi connectivity index (χ4v) is 3.29. The van der Waals surface area contributed by atoms with Crippen LogP contribution in [-0.4, -0.2) is 46.9 Å². The van der Waals surface area contributed by atoms with Crippen molar-refractivity contribution in [2.75, 3.05) is 25.5 Å². The molecule has 0 aliphatic carbocycles. The molecule has 1 fully saturated rings. The van der Waals surface area contributed by atoms with Crippen LogP contribution in [0.1, 0.15) is 12.6 Å². The van der Waals surface area contributed by atoms with E-state index < -0.39 is 0 Å². The molecule has 1 N–H and O–H groups in total. The van der Waals surface area contributed by atoms with Gasteiger partial charge in [-0.05, 0) is 19.1 Å². The quantitative estimate of drug-likeness (QED) is 0.942. The van der Waals surface area contributed by atoms with Gasteiger partial charge in [-0.25, -0.2) is 4.98 Å². The Morgan fingerprint density at radius 3 is 2.86 bits per heavy atom. The van der Waals surface area contributed by atoms with Gasteiger partial charge in [-0.15, -0.1) is 11.3 Å². The second-order valence-electron chi connectivity index (χ2n) is 5.54. The summed E-state index contributed by atoms with van der Waals surface area (Å²) < 4.78 is 0. The fraction of sp³-hybridized carbons (Fsp3) is 0.375. The lowest BCUT2D eigenvalue weighted by Crippen LogP contribution is -2.53. The van der Waals surface area contributed by atoms with Crippen molar-refractivity contribution in [1.29, 1.82) is 0 Å². The number of carbonyl (C=O) groups is 1. The lowest BCUT2D eigenvalue weighted by Gasteiger charge is -2.36. The first-order chi connectivity index (χ1) is 10.6. The molecule has 1 aliphatic heterocycles. The average Bonchev–Trinajstić information content (AvgIpc) is 2.96. The molecule has 2 aromatic rings. The van der Waals surface area contributed by atoms with E-state index in [-0.39, 0.29) is 11.9 Å². The molecule has 2 heterocycles. The molecule has 1 unspecified atom stereocenters. The number of aromatic nitrogens is 1. The topological polar surface area (TPSA) is 48.5 Å². The average molecular weight is 316 g/mol. The summed E-state index contributed by atoms with van der Waals surface area (Å²) in [5.74, 6) is 0.184. The third kappa shape index (κ3) is 3.28. The Labute approximate surface area is 134 Å². The van der Waals surface area contributed by atoms with Crippen LogP contribution in [0.15, 0.2) is 35.7 Å². The first kappa shape index (κ1) is 15.0. The van der Waals surface area contributed by atoms with E-state index in [1.807, 2.05) is 44.3 Å². The van der Waals surface area contributed by atoms with Crippen molar-refractivity contribution in [3.63, 3.8) is 0 Å². The summed E-state index contributed by atoms with van der Waals surface area (Å²) in [5.41, 5.74) is 2.04. The highest BCUT2D eigenvalue weighted by atomic mass is 32.1. The molecule has 1 atom stereocenters. The first-order valence-corrected chi connectivity index (χ1v) is 8.27. The number of hydrogen-bond acceptors (Lipinski definition) is 5. The van der Waals surface area contributed by atoms with Crippen LogP contribution in [0.5, 0.6) is 0 Å². The maximum atomic E-state index is 12.0. The van der Waals surface area contributed by atoms with Crippen molar-refractivity contribution in [2.45, 2.75) is 19.5 Å². The summed E-state index contributed by atoms with van der Waals surface area (Å²) in [6.07, 6.45) is 0. The number of anilines is 2. The Balaban J connectivity index is 1.63. The van der Waals surface area contributed by atoms with Gasteiger partial charge in [0.15, 0.2) is 5.13 Å². The Morgan fingerprint density at radius 2 is 2.09 bits per heavy atom. The van der Waals surface area contributed by atoms with Crippen molar-refractivity contribution in [3.8, 4) is 0 Å². The number of hydrogen-bond donors (Lipinski definition) is 1. The van der Waals surface area contributed by atoms with Crippen LogP contribution in [-0.2, 0) is 11.3 Å². The van der Waals surface area contributed by atoms with Crippen LogP contribution in [0.4, 0.5) is 10.8 Å². The van der Waals surface area contributed by atoms with Crippen LogP contribution in [0, 0.1) is 0 Å². The number of rotatable bonds is 4. The highest BCUT2D eigenvalue weighted by molar-refractivity contribution is 7.13. The molecule has 0 radical (unpaired) electrons. The predicted octanol–water partition coefficient (Wildman–Crippen LogP) is 2.55. The first-order valence-electron chi connectivity index (χ1n) is 7.39. The highest BCUT2D eigenvalue weighted by Gasteiger charge is 2.29. The zero-order chi connectivity index (χ0) is 15.5. The van der Waals surface area contributed by atoms with Gasteiger partial charge in [-0.1, -0.05) is 18.2 Å². The van der Waals surface area contributed by atoms with Crippen molar-refractivity contribution < 1.29 is 4.79 Å². The second kappa shape index (κ2) is 6.46. The molecule has 0 spiro atoms. The fourth-order valence-electron chi connectivity index (χ4n) is 2.56. The van der Waals surface area contributed by atoms with Gasteiger partial charge < -0.3 is 10.2 Å². The lowest BCUT2D eigenvalue weighted by molar-refractivity contribution is -0.139. The highest BCUT2D eigenvalue weighted by Crippen LogP contribution is 2.22. The molecule has 116 valence electrons. The van der Waals surface area contributed by atoms with Gasteiger partial charge in [0.2, 0.25) is 5.91 Å². The van der Waals surface area contributed by atoms with Crippen LogP contribution in [0.3, 0.4) is 0 Å². The van der Waals surface area contributed by atoms with Crippen molar-refractivity contribution in [3.05, 3.63) is 41.4 Å². The minimum Gasteiger partial charge on any atom is -0.343 e. The monoisotopic (exact) mass is 316 g/mol. The minimum absolute atomic E-state index is 0.0778. The number of nitrogens with zero attached hydrogens (tertiary/aromatic N) is 3. The number of benzene rings is 1. The maximum absolute atomic E-state index is 12.0. The molecule has 22 heavy (non-hydrogen) atoms. The van der Waals surface area contributed by atoms with Gasteiger partial charge in [0.05, 0.1) is 11.7 Å². The number of amides is 1. The summed E-state index contributed by atoms with van der Waals surface area (Å²) in [5, 5.41) is 6.24. The smallest absolute Gasteiger partial charge is 0.239 e. The minimum atomic E-state index is -0.0778. The second-order valence-corrected chi connectivity index (χ2v) is 6.40. The van der Waals surface area contributed by atoms with E-state index in [9.17, 15) is 4.79 Å². The molecule has 0 saturated carbocycles. The molecule has 1 amide bonds. The van der Waals surface area contributed by atoms with E-state index in [1.54, 1.807) is 16.2 Å². The molecule has 0 bridgehead atoms. The van der Waals surface area contributed by atoms with E-state index in [0.717, 1.165) is 29.6 Å². The van der Waals surface area contributed by atoms with Crippen molar-refractivity contribution in [1.82, 2.24) is 14.8 Å². The van der Waals surface area contributed by atoms with Gasteiger partial charge in [-0.3, -0.25) is 9.69 Å². The summed E-state index contributed by atoms with van der Waals surface area (Å²) in [7, 11) is 1.86. The van der Waals surface area contributed by atoms with Crippen LogP contribution < -0.4 is 5.32 Å². The van der Waals surface area contributed by atoms with Crippen molar-refractivity contribution in [2.24, 2.45) is 0 Å². The number of likely N-dealkylation sites (N-methyl/N-ethyl adjacent to an activating group) is 1. The Bertz CT molecular complexity index is 643. The van der Waals surface area contributed by atoms with E-state index >= 15 is 0 Å². The van der Waals surface area contributed by atoms with Crippen molar-refractivity contribution >= 4 is 28.1 Å². The van der Waals surface area contributed by atoms with Gasteiger partial charge in [0, 0.05) is 37.7 Å². The zero-order valence-electron chi connectivity index (χ0n) is 12.8.